The van der Waals surface area contributed by atoms with Crippen molar-refractivity contribution in [2.45, 2.75) is 38.1 Å². The number of carbonyl (C=O) groups excluding carboxylic acids is 1. The summed E-state index contributed by atoms with van der Waals surface area (Å²) in [5.41, 5.74) is 1.27. The molecule has 2 saturated heterocycles. The molecule has 1 amide bonds. The van der Waals surface area contributed by atoms with Crippen molar-refractivity contribution in [1.29, 1.82) is 0 Å². The highest BCUT2D eigenvalue weighted by molar-refractivity contribution is 5.76. The first-order valence-corrected chi connectivity index (χ1v) is 9.00. The Morgan fingerprint density at radius 3 is 2.61 bits per heavy atom. The van der Waals surface area contributed by atoms with Crippen LogP contribution in [0, 0.1) is 5.92 Å². The Morgan fingerprint density at radius 2 is 1.96 bits per heavy atom. The van der Waals surface area contributed by atoms with Crippen LogP contribution in [0.1, 0.15) is 32.1 Å². The quantitative estimate of drug-likeness (QED) is 0.907. The van der Waals surface area contributed by atoms with Gasteiger partial charge in [-0.25, -0.2) is 0 Å². The molecule has 1 aromatic rings. The van der Waals surface area contributed by atoms with E-state index in [1.807, 2.05) is 0 Å². The monoisotopic (exact) mass is 315 g/mol. The van der Waals surface area contributed by atoms with Gasteiger partial charge in [-0.1, -0.05) is 18.2 Å². The van der Waals surface area contributed by atoms with Crippen molar-refractivity contribution in [1.82, 2.24) is 10.2 Å². The van der Waals surface area contributed by atoms with Gasteiger partial charge in [-0.15, -0.1) is 0 Å². The van der Waals surface area contributed by atoms with E-state index in [0.29, 0.717) is 17.9 Å². The Labute approximate surface area is 139 Å². The molecule has 126 valence electrons. The van der Waals surface area contributed by atoms with E-state index in [2.05, 4.69) is 52.5 Å². The van der Waals surface area contributed by atoms with Gasteiger partial charge in [0, 0.05) is 38.3 Å². The first-order valence-electron chi connectivity index (χ1n) is 9.00. The highest BCUT2D eigenvalue weighted by Crippen LogP contribution is 2.23. The molecule has 0 saturated carbocycles. The van der Waals surface area contributed by atoms with Crippen LogP contribution >= 0.6 is 0 Å². The molecule has 2 aliphatic heterocycles. The molecule has 4 nitrogen and oxygen atoms in total. The van der Waals surface area contributed by atoms with Crippen LogP contribution in [-0.2, 0) is 4.79 Å². The number of hydrogen-bond donors (Lipinski definition) is 1. The molecule has 1 unspecified atom stereocenters. The zero-order valence-corrected chi connectivity index (χ0v) is 14.2. The minimum Gasteiger partial charge on any atom is -0.371 e. The lowest BCUT2D eigenvalue weighted by molar-refractivity contribution is -0.132. The molecular weight excluding hydrogens is 286 g/mol. The lowest BCUT2D eigenvalue weighted by Gasteiger charge is -2.38. The van der Waals surface area contributed by atoms with Gasteiger partial charge in [0.25, 0.3) is 0 Å². The number of rotatable bonds is 5. The summed E-state index contributed by atoms with van der Waals surface area (Å²) in [6, 6.07) is 11.1. The Bertz CT molecular complexity index is 491. The summed E-state index contributed by atoms with van der Waals surface area (Å²) < 4.78 is 0. The number of anilines is 1. The minimum atomic E-state index is 0.359. The van der Waals surface area contributed by atoms with Crippen LogP contribution in [0.15, 0.2) is 30.3 Å². The molecule has 4 heteroatoms. The zero-order valence-electron chi connectivity index (χ0n) is 14.2. The highest BCUT2D eigenvalue weighted by Gasteiger charge is 2.26. The lowest BCUT2D eigenvalue weighted by Crippen LogP contribution is -2.45. The van der Waals surface area contributed by atoms with Crippen LogP contribution in [-0.4, -0.2) is 50.1 Å². The van der Waals surface area contributed by atoms with Gasteiger partial charge in [-0.2, -0.15) is 0 Å². The normalized spacial score (nSPS) is 22.3. The van der Waals surface area contributed by atoms with Gasteiger partial charge >= 0.3 is 0 Å². The van der Waals surface area contributed by atoms with Gasteiger partial charge in [0.1, 0.15) is 0 Å². The fourth-order valence-corrected chi connectivity index (χ4v) is 3.82. The maximum Gasteiger partial charge on any atom is 0.222 e. The number of nitrogens with zero attached hydrogens (tertiary/aromatic N) is 2. The van der Waals surface area contributed by atoms with E-state index in [0.717, 1.165) is 51.9 Å². The maximum atomic E-state index is 12.4. The van der Waals surface area contributed by atoms with Gasteiger partial charge in [-0.3, -0.25) is 4.79 Å². The van der Waals surface area contributed by atoms with Crippen molar-refractivity contribution in [2.24, 2.45) is 5.92 Å². The third-order valence-corrected chi connectivity index (χ3v) is 5.46. The second kappa shape index (κ2) is 7.82. The zero-order chi connectivity index (χ0) is 16.1. The van der Waals surface area contributed by atoms with Crippen molar-refractivity contribution in [3.63, 3.8) is 0 Å². The van der Waals surface area contributed by atoms with E-state index < -0.39 is 0 Å². The maximum absolute atomic E-state index is 12.4. The van der Waals surface area contributed by atoms with E-state index in [1.54, 1.807) is 0 Å². The fourth-order valence-electron chi connectivity index (χ4n) is 3.82. The predicted octanol–water partition coefficient (Wildman–Crippen LogP) is 2.50. The molecule has 0 aliphatic carbocycles. The first kappa shape index (κ1) is 16.3. The van der Waals surface area contributed by atoms with E-state index in [4.69, 9.17) is 0 Å². The molecule has 3 rings (SSSR count). The largest absolute Gasteiger partial charge is 0.371 e. The SMILES string of the molecule is CN(c1ccccc1)C1CCN(C(=O)CCC2CCNC2)CC1. The highest BCUT2D eigenvalue weighted by atomic mass is 16.2. The molecule has 1 N–H and O–H groups in total. The Morgan fingerprint density at radius 1 is 1.22 bits per heavy atom. The summed E-state index contributed by atoms with van der Waals surface area (Å²) in [6.07, 6.45) is 5.16. The molecule has 2 aliphatic rings. The van der Waals surface area contributed by atoms with Crippen LogP contribution in [0.2, 0.25) is 0 Å². The van der Waals surface area contributed by atoms with E-state index in [-0.39, 0.29) is 0 Å². The van der Waals surface area contributed by atoms with E-state index in [9.17, 15) is 4.79 Å². The van der Waals surface area contributed by atoms with Crippen molar-refractivity contribution in [2.75, 3.05) is 38.1 Å². The number of hydrogen-bond acceptors (Lipinski definition) is 3. The summed E-state index contributed by atoms with van der Waals surface area (Å²) in [4.78, 5) is 16.8. The summed E-state index contributed by atoms with van der Waals surface area (Å²) in [6.45, 7) is 4.03. The molecule has 0 radical (unpaired) electrons. The lowest BCUT2D eigenvalue weighted by atomic mass is 10.00. The number of piperidine rings is 1. The minimum absolute atomic E-state index is 0.359. The molecule has 0 spiro atoms. The van der Waals surface area contributed by atoms with Gasteiger partial charge in [-0.05, 0) is 56.8 Å². The Kier molecular flexibility index (Phi) is 5.55. The van der Waals surface area contributed by atoms with Gasteiger partial charge < -0.3 is 15.1 Å². The third kappa shape index (κ3) is 4.25. The van der Waals surface area contributed by atoms with Crippen molar-refractivity contribution in [3.05, 3.63) is 30.3 Å². The number of likely N-dealkylation sites (tertiary alicyclic amines) is 1. The summed E-state index contributed by atoms with van der Waals surface area (Å²) in [5.74, 6) is 1.07. The number of benzene rings is 1. The van der Waals surface area contributed by atoms with Crippen LogP contribution < -0.4 is 10.2 Å². The third-order valence-electron chi connectivity index (χ3n) is 5.46. The van der Waals surface area contributed by atoms with Crippen LogP contribution in [0.3, 0.4) is 0 Å². The average molecular weight is 315 g/mol. The summed E-state index contributed by atoms with van der Waals surface area (Å²) in [5, 5.41) is 3.38. The first-order chi connectivity index (χ1) is 11.2. The fraction of sp³-hybridized carbons (Fsp3) is 0.632. The molecular formula is C19H29N3O. The van der Waals surface area contributed by atoms with Crippen LogP contribution in [0.25, 0.3) is 0 Å². The second-order valence-electron chi connectivity index (χ2n) is 6.96. The van der Waals surface area contributed by atoms with Gasteiger partial charge in [0.05, 0.1) is 0 Å². The number of carbonyl (C=O) groups is 1. The molecule has 2 heterocycles. The summed E-state index contributed by atoms with van der Waals surface area (Å²) in [7, 11) is 2.17. The molecule has 1 atom stereocenters. The number of amides is 1. The predicted molar refractivity (Wildman–Crippen MR) is 94.7 cm³/mol. The molecule has 0 bridgehead atoms. The second-order valence-corrected chi connectivity index (χ2v) is 6.96. The molecule has 23 heavy (non-hydrogen) atoms. The van der Waals surface area contributed by atoms with Crippen LogP contribution in [0.4, 0.5) is 5.69 Å². The molecule has 1 aromatic carbocycles. The van der Waals surface area contributed by atoms with Crippen LogP contribution in [0.5, 0.6) is 0 Å². The van der Waals surface area contributed by atoms with Crippen molar-refractivity contribution in [3.8, 4) is 0 Å². The topological polar surface area (TPSA) is 35.6 Å². The average Bonchev–Trinajstić information content (AvgIpc) is 3.13. The van der Waals surface area contributed by atoms with Crippen molar-refractivity contribution < 1.29 is 4.79 Å². The van der Waals surface area contributed by atoms with Gasteiger partial charge in [0.2, 0.25) is 5.91 Å². The Hall–Kier alpha value is -1.55. The summed E-state index contributed by atoms with van der Waals surface area (Å²) >= 11 is 0. The van der Waals surface area contributed by atoms with E-state index >= 15 is 0 Å². The van der Waals surface area contributed by atoms with Gasteiger partial charge in [0.15, 0.2) is 0 Å². The van der Waals surface area contributed by atoms with E-state index in [1.165, 1.54) is 12.1 Å². The standard InChI is InChI=1S/C19H29N3O/c1-21(17-5-3-2-4-6-17)18-10-13-22(14-11-18)19(23)8-7-16-9-12-20-15-16/h2-6,16,18,20H,7-15H2,1H3. The Balaban J connectivity index is 1.43. The smallest absolute Gasteiger partial charge is 0.222 e. The number of nitrogens with one attached hydrogen (secondary N) is 1. The number of para-hydroxylation sites is 1. The molecule has 0 aromatic heterocycles. The van der Waals surface area contributed by atoms with Crippen molar-refractivity contribution >= 4 is 11.6 Å². The molecule has 2 fully saturated rings.